The smallest absolute Gasteiger partial charge is 0.295 e. The number of hydrogen-bond acceptors (Lipinski definition) is 5. The zero-order valence-corrected chi connectivity index (χ0v) is 10.6. The molecule has 0 bridgehead atoms. The van der Waals surface area contributed by atoms with E-state index in [2.05, 4.69) is 5.32 Å². The van der Waals surface area contributed by atoms with E-state index in [0.717, 1.165) is 6.07 Å². The van der Waals surface area contributed by atoms with Gasteiger partial charge in [0, 0.05) is 12.6 Å². The van der Waals surface area contributed by atoms with E-state index in [1.807, 2.05) is 4.72 Å². The number of nitro benzene ring substituents is 1. The predicted octanol–water partition coefficient (Wildman–Crippen LogP) is 0.834. The number of nitrogens with zero attached hydrogens (tertiary/aromatic N) is 1. The molecule has 0 spiro atoms. The molecule has 0 radical (unpaired) electrons. The van der Waals surface area contributed by atoms with Crippen molar-refractivity contribution in [2.75, 3.05) is 24.7 Å². The maximum atomic E-state index is 13.4. The van der Waals surface area contributed by atoms with Crippen LogP contribution in [0.4, 0.5) is 20.2 Å². The minimum Gasteiger partial charge on any atom is -0.376 e. The van der Waals surface area contributed by atoms with Crippen molar-refractivity contribution >= 4 is 21.4 Å². The first kappa shape index (κ1) is 15.2. The second-order valence-corrected chi connectivity index (χ2v) is 5.51. The maximum Gasteiger partial charge on any atom is 0.295 e. The van der Waals surface area contributed by atoms with Gasteiger partial charge in [0.15, 0.2) is 17.3 Å². The lowest BCUT2D eigenvalue weighted by Gasteiger charge is -2.08. The summed E-state index contributed by atoms with van der Waals surface area (Å²) < 4.78 is 50.6. The number of hydrogen-bond donors (Lipinski definition) is 2. The number of anilines is 1. The van der Waals surface area contributed by atoms with Gasteiger partial charge in [0.2, 0.25) is 10.0 Å². The van der Waals surface area contributed by atoms with E-state index in [4.69, 9.17) is 0 Å². The van der Waals surface area contributed by atoms with Crippen LogP contribution < -0.4 is 10.0 Å². The average Bonchev–Trinajstić information content (AvgIpc) is 2.34. The molecule has 0 saturated carbocycles. The summed E-state index contributed by atoms with van der Waals surface area (Å²) in [7, 11) is -2.35. The highest BCUT2D eigenvalue weighted by Crippen LogP contribution is 2.28. The number of rotatable bonds is 6. The first-order valence-corrected chi connectivity index (χ1v) is 6.71. The lowest BCUT2D eigenvalue weighted by molar-refractivity contribution is -0.384. The third kappa shape index (κ3) is 3.83. The van der Waals surface area contributed by atoms with Crippen LogP contribution >= 0.6 is 0 Å². The van der Waals surface area contributed by atoms with Gasteiger partial charge in [0.25, 0.3) is 5.69 Å². The fourth-order valence-corrected chi connectivity index (χ4v) is 1.85. The normalized spacial score (nSPS) is 11.3. The van der Waals surface area contributed by atoms with Gasteiger partial charge in [-0.15, -0.1) is 0 Å². The summed E-state index contributed by atoms with van der Waals surface area (Å²) in [5.41, 5.74) is -1.34. The van der Waals surface area contributed by atoms with Crippen molar-refractivity contribution < 1.29 is 22.1 Å². The van der Waals surface area contributed by atoms with Gasteiger partial charge in [0.05, 0.1) is 10.7 Å². The molecule has 7 nitrogen and oxygen atoms in total. The topological polar surface area (TPSA) is 101 Å². The van der Waals surface area contributed by atoms with E-state index in [-0.39, 0.29) is 6.54 Å². The Labute approximate surface area is 107 Å². The molecule has 10 heteroatoms. The minimum atomic E-state index is -3.54. The molecule has 0 aromatic heterocycles. The van der Waals surface area contributed by atoms with Crippen LogP contribution in [0.15, 0.2) is 12.1 Å². The van der Waals surface area contributed by atoms with Crippen LogP contribution in [-0.4, -0.2) is 32.7 Å². The predicted molar refractivity (Wildman–Crippen MR) is 64.3 cm³/mol. The minimum absolute atomic E-state index is 0.301. The van der Waals surface area contributed by atoms with Crippen LogP contribution in [0.25, 0.3) is 0 Å². The molecule has 19 heavy (non-hydrogen) atoms. The van der Waals surface area contributed by atoms with Crippen molar-refractivity contribution in [1.82, 2.24) is 4.72 Å². The van der Waals surface area contributed by atoms with Gasteiger partial charge in [-0.2, -0.15) is 0 Å². The lowest BCUT2D eigenvalue weighted by atomic mass is 10.2. The van der Waals surface area contributed by atoms with Crippen molar-refractivity contribution in [2.45, 2.75) is 0 Å². The Morgan fingerprint density at radius 3 is 2.53 bits per heavy atom. The average molecular weight is 295 g/mol. The first-order valence-electron chi connectivity index (χ1n) is 5.06. The summed E-state index contributed by atoms with van der Waals surface area (Å²) in [6, 6.07) is 1.43. The second kappa shape index (κ2) is 5.89. The van der Waals surface area contributed by atoms with Crippen molar-refractivity contribution in [3.8, 4) is 0 Å². The van der Waals surface area contributed by atoms with Gasteiger partial charge in [-0.1, -0.05) is 0 Å². The van der Waals surface area contributed by atoms with E-state index < -0.39 is 43.7 Å². The van der Waals surface area contributed by atoms with E-state index in [9.17, 15) is 27.3 Å². The summed E-state index contributed by atoms with van der Waals surface area (Å²) >= 11 is 0. The van der Waals surface area contributed by atoms with Gasteiger partial charge in [0.1, 0.15) is 0 Å². The summed E-state index contributed by atoms with van der Waals surface area (Å²) in [4.78, 5) is 9.76. The van der Waals surface area contributed by atoms with E-state index in [0.29, 0.717) is 6.07 Å². The quantitative estimate of drug-likeness (QED) is 0.598. The van der Waals surface area contributed by atoms with E-state index >= 15 is 0 Å². The number of sulfonamides is 1. The molecule has 0 aliphatic heterocycles. The van der Waals surface area contributed by atoms with Gasteiger partial charge >= 0.3 is 0 Å². The summed E-state index contributed by atoms with van der Waals surface area (Å²) in [6.07, 6.45) is 0. The molecule has 106 valence electrons. The molecular weight excluding hydrogens is 284 g/mol. The highest BCUT2D eigenvalue weighted by atomic mass is 32.2. The molecule has 0 saturated heterocycles. The summed E-state index contributed by atoms with van der Waals surface area (Å²) in [6.45, 7) is -0.301. The summed E-state index contributed by atoms with van der Waals surface area (Å²) in [5, 5.41) is 12.9. The van der Waals surface area contributed by atoms with Crippen LogP contribution in [-0.2, 0) is 10.0 Å². The molecule has 0 fully saturated rings. The first-order chi connectivity index (χ1) is 8.78. The third-order valence-electron chi connectivity index (χ3n) is 2.25. The lowest BCUT2D eigenvalue weighted by Crippen LogP contribution is -2.26. The number of halogens is 2. The van der Waals surface area contributed by atoms with E-state index in [1.54, 1.807) is 0 Å². The highest BCUT2D eigenvalue weighted by molar-refractivity contribution is 7.89. The van der Waals surface area contributed by atoms with Crippen LogP contribution in [0.2, 0.25) is 0 Å². The molecule has 0 heterocycles. The molecule has 1 aromatic rings. The zero-order chi connectivity index (χ0) is 14.6. The molecule has 1 rings (SSSR count). The Bertz CT molecular complexity index is 591. The molecule has 1 aromatic carbocycles. The van der Waals surface area contributed by atoms with Crippen molar-refractivity contribution in [3.05, 3.63) is 33.9 Å². The Morgan fingerprint density at radius 2 is 2.00 bits per heavy atom. The van der Waals surface area contributed by atoms with Gasteiger partial charge in [-0.3, -0.25) is 10.1 Å². The van der Waals surface area contributed by atoms with Crippen molar-refractivity contribution in [1.29, 1.82) is 0 Å². The molecule has 0 unspecified atom stereocenters. The van der Waals surface area contributed by atoms with Crippen LogP contribution in [0.5, 0.6) is 0 Å². The van der Waals surface area contributed by atoms with Crippen molar-refractivity contribution in [2.24, 2.45) is 0 Å². The van der Waals surface area contributed by atoms with Crippen LogP contribution in [0.1, 0.15) is 0 Å². The molecular formula is C9H11F2N3O4S. The van der Waals surface area contributed by atoms with Crippen LogP contribution in [0.3, 0.4) is 0 Å². The SMILES string of the molecule is CNS(=O)(=O)CCNc1c([N+](=O)[O-])ccc(F)c1F. The van der Waals surface area contributed by atoms with Crippen LogP contribution in [0, 0.1) is 21.7 Å². The number of nitrogens with one attached hydrogen (secondary N) is 2. The Balaban J connectivity index is 2.94. The fourth-order valence-electron chi connectivity index (χ4n) is 1.27. The standard InChI is InChI=1S/C9H11F2N3O4S/c1-12-19(17,18)5-4-13-9-7(14(15)16)3-2-6(10)8(9)11/h2-3,12-13H,4-5H2,1H3. The monoisotopic (exact) mass is 295 g/mol. The Morgan fingerprint density at radius 1 is 1.37 bits per heavy atom. The van der Waals surface area contributed by atoms with E-state index in [1.165, 1.54) is 7.05 Å². The Kier molecular flexibility index (Phi) is 4.72. The Hall–Kier alpha value is -1.81. The number of nitro groups is 1. The molecule has 0 amide bonds. The summed E-state index contributed by atoms with van der Waals surface area (Å²) in [5.74, 6) is -3.11. The fraction of sp³-hybridized carbons (Fsp3) is 0.333. The third-order valence-corrected chi connectivity index (χ3v) is 3.62. The highest BCUT2D eigenvalue weighted by Gasteiger charge is 2.21. The maximum absolute atomic E-state index is 13.4. The molecule has 0 atom stereocenters. The molecule has 0 aliphatic carbocycles. The van der Waals surface area contributed by atoms with Crippen molar-refractivity contribution in [3.63, 3.8) is 0 Å². The van der Waals surface area contributed by atoms with Gasteiger partial charge < -0.3 is 5.32 Å². The second-order valence-electron chi connectivity index (χ2n) is 3.46. The van der Waals surface area contributed by atoms with Gasteiger partial charge in [-0.25, -0.2) is 21.9 Å². The van der Waals surface area contributed by atoms with Gasteiger partial charge in [-0.05, 0) is 13.1 Å². The largest absolute Gasteiger partial charge is 0.376 e. The zero-order valence-electron chi connectivity index (χ0n) is 9.81. The number of benzene rings is 1. The molecule has 2 N–H and O–H groups in total. The molecule has 0 aliphatic rings.